The summed E-state index contributed by atoms with van der Waals surface area (Å²) in [5, 5.41) is 13.7. The molecule has 0 spiro atoms. The molecule has 0 aliphatic carbocycles. The van der Waals surface area contributed by atoms with E-state index >= 15 is 0 Å². The summed E-state index contributed by atoms with van der Waals surface area (Å²) >= 11 is 0.792. The van der Waals surface area contributed by atoms with Crippen molar-refractivity contribution in [2.24, 2.45) is 16.0 Å². The molecule has 36 heavy (non-hydrogen) atoms. The van der Waals surface area contributed by atoms with Crippen LogP contribution in [0.15, 0.2) is 64.2 Å². The van der Waals surface area contributed by atoms with Crippen molar-refractivity contribution in [3.63, 3.8) is 0 Å². The van der Waals surface area contributed by atoms with Gasteiger partial charge >= 0.3 is 0 Å². The number of carbonyl (C=O) groups excluding carboxylic acids is 1. The van der Waals surface area contributed by atoms with Crippen molar-refractivity contribution in [2.75, 3.05) is 19.0 Å². The highest BCUT2D eigenvalue weighted by molar-refractivity contribution is 8.42. The average molecular weight is 527 g/mol. The van der Waals surface area contributed by atoms with Crippen LogP contribution in [0.4, 0.5) is 0 Å². The predicted molar refractivity (Wildman–Crippen MR) is 142 cm³/mol. The topological polar surface area (TPSA) is 121 Å². The van der Waals surface area contributed by atoms with Gasteiger partial charge in [0, 0.05) is 0 Å². The first kappa shape index (κ1) is 25.6. The maximum Gasteiger partial charge on any atom is 0.283 e. The number of rotatable bonds is 8. The van der Waals surface area contributed by atoms with Crippen LogP contribution in [0.5, 0.6) is 11.5 Å². The number of hydrogen-bond donors (Lipinski definition) is 1. The number of thioether (sulfide) groups is 1. The van der Waals surface area contributed by atoms with Gasteiger partial charge in [-0.1, -0.05) is 43.7 Å². The predicted octanol–water partition coefficient (Wildman–Crippen LogP) is 4.10. The normalized spacial score (nSPS) is 16.8. The van der Waals surface area contributed by atoms with Gasteiger partial charge in [-0.05, 0) is 60.5 Å². The number of hydrogen-bond acceptors (Lipinski definition) is 8. The Morgan fingerprint density at radius 2 is 1.61 bits per heavy atom. The summed E-state index contributed by atoms with van der Waals surface area (Å²) in [6, 6.07) is 14.8. The minimum atomic E-state index is -3.63. The molecule has 0 bridgehead atoms. The van der Waals surface area contributed by atoms with Crippen LogP contribution in [0.1, 0.15) is 25.0 Å². The number of aryl methyl sites for hydroxylation is 1. The van der Waals surface area contributed by atoms with Crippen molar-refractivity contribution in [2.45, 2.75) is 20.8 Å². The second-order valence-electron chi connectivity index (χ2n) is 8.64. The van der Waals surface area contributed by atoms with Crippen LogP contribution in [0.25, 0.3) is 6.08 Å². The van der Waals surface area contributed by atoms with Crippen LogP contribution in [0.2, 0.25) is 0 Å². The van der Waals surface area contributed by atoms with E-state index in [0.29, 0.717) is 24.5 Å². The quantitative estimate of drug-likeness (QED) is 0.406. The number of nitrogens with zero attached hydrogens (tertiary/aromatic N) is 3. The third-order valence-corrected chi connectivity index (χ3v) is 8.52. The first-order chi connectivity index (χ1) is 17.1. The molecule has 188 valence electrons. The Hall–Kier alpha value is -3.44. The molecule has 1 amide bonds. The van der Waals surface area contributed by atoms with E-state index in [1.165, 1.54) is 6.08 Å². The number of sulfone groups is 1. The smallest absolute Gasteiger partial charge is 0.283 e. The highest BCUT2D eigenvalue weighted by atomic mass is 32.3. The molecule has 2 aliphatic rings. The summed E-state index contributed by atoms with van der Waals surface area (Å²) in [5.41, 5.74) is 1.84. The molecule has 11 heteroatoms. The molecular weight excluding hydrogens is 500 g/mol. The molecule has 2 aliphatic heterocycles. The first-order valence-electron chi connectivity index (χ1n) is 11.3. The number of nitrogens with one attached hydrogen (secondary N) is 1. The Balaban J connectivity index is 1.39. The number of ether oxygens (including phenoxy) is 2. The highest BCUT2D eigenvalue weighted by Crippen LogP contribution is 2.31. The summed E-state index contributed by atoms with van der Waals surface area (Å²) in [5.74, 6) is 0.418. The van der Waals surface area contributed by atoms with E-state index in [1.807, 2.05) is 31.2 Å². The van der Waals surface area contributed by atoms with Gasteiger partial charge < -0.3 is 9.47 Å². The molecule has 0 saturated carbocycles. The van der Waals surface area contributed by atoms with Gasteiger partial charge in [0.1, 0.15) is 24.7 Å². The number of benzene rings is 2. The summed E-state index contributed by atoms with van der Waals surface area (Å²) in [6.45, 7) is 6.36. The second kappa shape index (κ2) is 10.7. The standard InChI is InChI=1S/C25H26N4O5S2/c1-16(2)15-36(31,32)25-28-29-22(26)21(23(30)27-24(29)35-25)14-18-6-10-20(11-7-18)34-13-12-33-19-8-4-17(3)5-9-19/h4-11,14,16,26H,12-13,15H2,1-3H3/b21-14-,26-22?. The van der Waals surface area contributed by atoms with Crippen molar-refractivity contribution in [1.29, 1.82) is 5.41 Å². The third-order valence-electron chi connectivity index (χ3n) is 5.09. The number of aliphatic imine (C=N–C) groups is 1. The molecule has 2 aromatic carbocycles. The third kappa shape index (κ3) is 6.03. The van der Waals surface area contributed by atoms with E-state index in [-0.39, 0.29) is 32.6 Å². The zero-order valence-corrected chi connectivity index (χ0v) is 21.7. The van der Waals surface area contributed by atoms with Crippen molar-refractivity contribution in [1.82, 2.24) is 5.01 Å². The maximum absolute atomic E-state index is 12.6. The van der Waals surface area contributed by atoms with Crippen molar-refractivity contribution in [3.05, 3.63) is 65.2 Å². The Morgan fingerprint density at radius 1 is 1.03 bits per heavy atom. The molecule has 0 unspecified atom stereocenters. The summed E-state index contributed by atoms with van der Waals surface area (Å²) in [7, 11) is -3.63. The SMILES string of the molecule is Cc1ccc(OCCOc2ccc(/C=C3/C(=N)N4N=C(S(=O)(=O)CC(C)C)SC4=NC3=O)cc2)cc1. The van der Waals surface area contributed by atoms with Crippen molar-refractivity contribution in [3.8, 4) is 11.5 Å². The minimum Gasteiger partial charge on any atom is -0.490 e. The van der Waals surface area contributed by atoms with Crippen LogP contribution in [0, 0.1) is 18.3 Å². The van der Waals surface area contributed by atoms with Gasteiger partial charge in [0.15, 0.2) is 5.84 Å². The molecule has 4 rings (SSSR count). The molecule has 9 nitrogen and oxygen atoms in total. The number of amides is 1. The van der Waals surface area contributed by atoms with Crippen molar-refractivity contribution >= 4 is 49.0 Å². The van der Waals surface area contributed by atoms with E-state index in [2.05, 4.69) is 10.1 Å². The average Bonchev–Trinajstić information content (AvgIpc) is 3.26. The van der Waals surface area contributed by atoms with Crippen LogP contribution >= 0.6 is 11.8 Å². The van der Waals surface area contributed by atoms with Crippen LogP contribution in [-0.4, -0.2) is 53.7 Å². The zero-order valence-electron chi connectivity index (χ0n) is 20.1. The summed E-state index contributed by atoms with van der Waals surface area (Å²) < 4.78 is 36.3. The lowest BCUT2D eigenvalue weighted by atomic mass is 10.1. The van der Waals surface area contributed by atoms with Gasteiger partial charge in [-0.3, -0.25) is 10.2 Å². The van der Waals surface area contributed by atoms with Crippen LogP contribution < -0.4 is 9.47 Å². The molecule has 0 saturated heterocycles. The first-order valence-corrected chi connectivity index (χ1v) is 13.7. The Morgan fingerprint density at radius 3 is 2.19 bits per heavy atom. The van der Waals surface area contributed by atoms with Gasteiger partial charge in [0.25, 0.3) is 5.91 Å². The number of amidine groups is 2. The lowest BCUT2D eigenvalue weighted by molar-refractivity contribution is -0.114. The number of fused-ring (bicyclic) bond motifs is 1. The lowest BCUT2D eigenvalue weighted by Crippen LogP contribution is -2.35. The number of hydrazone groups is 1. The van der Waals surface area contributed by atoms with E-state index in [0.717, 1.165) is 28.1 Å². The van der Waals surface area contributed by atoms with Gasteiger partial charge in [0.05, 0.1) is 11.3 Å². The maximum atomic E-state index is 12.6. The summed E-state index contributed by atoms with van der Waals surface area (Å²) in [4.78, 5) is 16.5. The largest absolute Gasteiger partial charge is 0.490 e. The minimum absolute atomic E-state index is 0.0192. The molecule has 2 heterocycles. The van der Waals surface area contributed by atoms with E-state index < -0.39 is 15.7 Å². The van der Waals surface area contributed by atoms with Crippen LogP contribution in [0.3, 0.4) is 0 Å². The summed E-state index contributed by atoms with van der Waals surface area (Å²) in [6.07, 6.45) is 1.52. The molecule has 0 radical (unpaired) electrons. The molecule has 1 N–H and O–H groups in total. The highest BCUT2D eigenvalue weighted by Gasteiger charge is 2.39. The zero-order chi connectivity index (χ0) is 25.9. The Kier molecular flexibility index (Phi) is 7.60. The van der Waals surface area contributed by atoms with Crippen LogP contribution in [-0.2, 0) is 14.6 Å². The molecule has 0 aromatic heterocycles. The molecule has 2 aromatic rings. The monoisotopic (exact) mass is 526 g/mol. The number of carbonyl (C=O) groups is 1. The second-order valence-corrected chi connectivity index (χ2v) is 11.8. The van der Waals surface area contributed by atoms with E-state index in [1.54, 1.807) is 38.1 Å². The Labute approximate surface area is 214 Å². The van der Waals surface area contributed by atoms with Crippen molar-refractivity contribution < 1.29 is 22.7 Å². The van der Waals surface area contributed by atoms with Gasteiger partial charge in [0.2, 0.25) is 19.4 Å². The fourth-order valence-corrected chi connectivity index (χ4v) is 6.18. The van der Waals surface area contributed by atoms with E-state index in [9.17, 15) is 13.2 Å². The van der Waals surface area contributed by atoms with Gasteiger partial charge in [-0.15, -0.1) is 5.10 Å². The lowest BCUT2D eigenvalue weighted by Gasteiger charge is -2.20. The van der Waals surface area contributed by atoms with E-state index in [4.69, 9.17) is 14.9 Å². The fourth-order valence-electron chi connectivity index (χ4n) is 3.39. The fraction of sp³-hybridized carbons (Fsp3) is 0.280. The molecule has 0 atom stereocenters. The van der Waals surface area contributed by atoms with Gasteiger partial charge in [-0.2, -0.15) is 10.0 Å². The van der Waals surface area contributed by atoms with Gasteiger partial charge in [-0.25, -0.2) is 8.42 Å². The molecule has 0 fully saturated rings. The Bertz CT molecular complexity index is 1360. The molecular formula is C25H26N4O5S2.